The zero-order chi connectivity index (χ0) is 20.0. The Morgan fingerprint density at radius 3 is 2.78 bits per heavy atom. The molecule has 1 fully saturated rings. The highest BCUT2D eigenvalue weighted by Gasteiger charge is 2.36. The van der Waals surface area contributed by atoms with E-state index < -0.39 is 34.4 Å². The molecule has 2 atom stereocenters. The molecule has 1 amide bonds. The molecule has 1 aromatic heterocycles. The lowest BCUT2D eigenvalue weighted by Gasteiger charge is -2.33. The third kappa shape index (κ3) is 5.44. The molecule has 0 aromatic carbocycles. The number of nitrogens with zero attached hydrogens (tertiary/aromatic N) is 2. The van der Waals surface area contributed by atoms with Gasteiger partial charge in [0.15, 0.2) is 16.4 Å². The molecular weight excluding hydrogens is 372 g/mol. The number of ether oxygens (including phenoxy) is 1. The molecule has 8 nitrogen and oxygen atoms in total. The van der Waals surface area contributed by atoms with Gasteiger partial charge in [0.05, 0.1) is 17.8 Å². The lowest BCUT2D eigenvalue weighted by Crippen LogP contribution is -2.48. The van der Waals surface area contributed by atoms with E-state index in [1.807, 2.05) is 13.8 Å². The van der Waals surface area contributed by atoms with Crippen molar-refractivity contribution in [3.8, 4) is 6.07 Å². The van der Waals surface area contributed by atoms with Crippen LogP contribution in [-0.2, 0) is 24.2 Å². The largest absolute Gasteiger partial charge is 0.465 e. The van der Waals surface area contributed by atoms with Gasteiger partial charge in [0.1, 0.15) is 17.4 Å². The predicted octanol–water partition coefficient (Wildman–Crippen LogP) is 1.54. The van der Waals surface area contributed by atoms with E-state index in [0.29, 0.717) is 18.6 Å². The topological polar surface area (TPSA) is 118 Å². The van der Waals surface area contributed by atoms with E-state index in [-0.39, 0.29) is 23.1 Å². The maximum absolute atomic E-state index is 12.6. The van der Waals surface area contributed by atoms with Crippen molar-refractivity contribution in [3.05, 3.63) is 29.7 Å². The zero-order valence-corrected chi connectivity index (χ0v) is 16.1. The zero-order valence-electron chi connectivity index (χ0n) is 15.3. The van der Waals surface area contributed by atoms with Gasteiger partial charge < -0.3 is 14.1 Å². The molecule has 0 N–H and O–H groups in total. The molecule has 27 heavy (non-hydrogen) atoms. The molecule has 0 unspecified atom stereocenters. The standard InChI is InChI=1S/C18H22N2O6S/c1-3-13(2)20(15-6-8-27(23,24)12-15)17(21)11-26-18(22)14(10-19)9-16-5-4-7-25-16/h4-5,7,9,13,15H,3,6,8,11-12H2,1-2H3/b14-9+/t13-,15-/m0/s1. The van der Waals surface area contributed by atoms with Crippen LogP contribution in [0.3, 0.4) is 0 Å². The Balaban J connectivity index is 2.04. The van der Waals surface area contributed by atoms with Crippen LogP contribution in [0.2, 0.25) is 0 Å². The van der Waals surface area contributed by atoms with E-state index in [2.05, 4.69) is 0 Å². The van der Waals surface area contributed by atoms with Crippen LogP contribution >= 0.6 is 0 Å². The molecule has 0 spiro atoms. The number of amides is 1. The first-order chi connectivity index (χ1) is 12.8. The van der Waals surface area contributed by atoms with Gasteiger partial charge in [0.25, 0.3) is 5.91 Å². The van der Waals surface area contributed by atoms with E-state index in [1.165, 1.54) is 17.2 Å². The summed E-state index contributed by atoms with van der Waals surface area (Å²) in [5.74, 6) is -1.14. The van der Waals surface area contributed by atoms with Crippen LogP contribution in [0, 0.1) is 11.3 Å². The summed E-state index contributed by atoms with van der Waals surface area (Å²) in [5, 5.41) is 9.10. The second kappa shape index (κ2) is 8.86. The maximum Gasteiger partial charge on any atom is 0.349 e. The SMILES string of the molecule is CC[C@H](C)N(C(=O)COC(=O)/C(C#N)=C/c1ccco1)[C@H]1CCS(=O)(=O)C1. The third-order valence-corrected chi connectivity index (χ3v) is 6.20. The average molecular weight is 394 g/mol. The number of carbonyl (C=O) groups excluding carboxylic acids is 2. The monoisotopic (exact) mass is 394 g/mol. The fourth-order valence-corrected chi connectivity index (χ4v) is 4.64. The minimum atomic E-state index is -3.16. The molecule has 0 radical (unpaired) electrons. The van der Waals surface area contributed by atoms with E-state index in [9.17, 15) is 18.0 Å². The van der Waals surface area contributed by atoms with Gasteiger partial charge in [-0.3, -0.25) is 4.79 Å². The van der Waals surface area contributed by atoms with Crippen molar-refractivity contribution in [1.29, 1.82) is 5.26 Å². The van der Waals surface area contributed by atoms with Crippen molar-refractivity contribution in [2.75, 3.05) is 18.1 Å². The van der Waals surface area contributed by atoms with E-state index in [4.69, 9.17) is 14.4 Å². The molecule has 0 saturated carbocycles. The van der Waals surface area contributed by atoms with Crippen molar-refractivity contribution in [2.45, 2.75) is 38.8 Å². The van der Waals surface area contributed by atoms with E-state index in [0.717, 1.165) is 0 Å². The summed E-state index contributed by atoms with van der Waals surface area (Å²) >= 11 is 0. The average Bonchev–Trinajstić information content (AvgIpc) is 3.26. The Bertz CT molecular complexity index is 851. The van der Waals surface area contributed by atoms with E-state index in [1.54, 1.807) is 18.2 Å². The summed E-state index contributed by atoms with van der Waals surface area (Å²) in [6, 6.07) is 4.28. The number of rotatable bonds is 7. The molecule has 0 aliphatic carbocycles. The van der Waals surface area contributed by atoms with Gasteiger partial charge >= 0.3 is 5.97 Å². The number of furan rings is 1. The third-order valence-electron chi connectivity index (χ3n) is 4.45. The molecule has 9 heteroatoms. The number of nitriles is 1. The lowest BCUT2D eigenvalue weighted by atomic mass is 10.1. The highest BCUT2D eigenvalue weighted by Crippen LogP contribution is 2.21. The molecule has 1 saturated heterocycles. The molecule has 0 bridgehead atoms. The normalized spacial score (nSPS) is 19.9. The number of sulfone groups is 1. The highest BCUT2D eigenvalue weighted by molar-refractivity contribution is 7.91. The first kappa shape index (κ1) is 20.7. The number of hydrogen-bond donors (Lipinski definition) is 0. The fourth-order valence-electron chi connectivity index (χ4n) is 2.93. The maximum atomic E-state index is 12.6. The van der Waals surface area contributed by atoms with Crippen LogP contribution in [0.15, 0.2) is 28.4 Å². The highest BCUT2D eigenvalue weighted by atomic mass is 32.2. The van der Waals surface area contributed by atoms with Crippen LogP contribution in [-0.4, -0.2) is 55.4 Å². The number of carbonyl (C=O) groups is 2. The van der Waals surface area contributed by atoms with Crippen molar-refractivity contribution < 1.29 is 27.2 Å². The van der Waals surface area contributed by atoms with Crippen molar-refractivity contribution in [1.82, 2.24) is 4.90 Å². The quantitative estimate of drug-likeness (QED) is 0.391. The second-order valence-electron chi connectivity index (χ2n) is 6.38. The van der Waals surface area contributed by atoms with Gasteiger partial charge in [-0.2, -0.15) is 5.26 Å². The number of hydrogen-bond acceptors (Lipinski definition) is 7. The van der Waals surface area contributed by atoms with Gasteiger partial charge in [-0.15, -0.1) is 0 Å². The molecule has 2 heterocycles. The molecular formula is C18H22N2O6S. The van der Waals surface area contributed by atoms with Gasteiger partial charge in [0, 0.05) is 18.2 Å². The van der Waals surface area contributed by atoms with Crippen LogP contribution in [0.5, 0.6) is 0 Å². The van der Waals surface area contributed by atoms with Crippen LogP contribution in [0.4, 0.5) is 0 Å². The second-order valence-corrected chi connectivity index (χ2v) is 8.61. The summed E-state index contributed by atoms with van der Waals surface area (Å²) in [4.78, 5) is 26.2. The van der Waals surface area contributed by atoms with Gasteiger partial charge in [-0.05, 0) is 31.9 Å². The van der Waals surface area contributed by atoms with Gasteiger partial charge in [0.2, 0.25) is 0 Å². The first-order valence-corrected chi connectivity index (χ1v) is 10.4. The minimum absolute atomic E-state index is 0.0438. The Hall–Kier alpha value is -2.60. The molecule has 2 rings (SSSR count). The van der Waals surface area contributed by atoms with Crippen molar-refractivity contribution in [3.63, 3.8) is 0 Å². The first-order valence-electron chi connectivity index (χ1n) is 8.61. The van der Waals surface area contributed by atoms with Gasteiger partial charge in [-0.25, -0.2) is 13.2 Å². The number of esters is 1. The van der Waals surface area contributed by atoms with E-state index >= 15 is 0 Å². The molecule has 1 aliphatic rings. The Morgan fingerprint density at radius 1 is 1.52 bits per heavy atom. The lowest BCUT2D eigenvalue weighted by molar-refractivity contribution is -0.150. The Morgan fingerprint density at radius 2 is 2.26 bits per heavy atom. The Labute approximate surface area is 158 Å². The molecule has 146 valence electrons. The van der Waals surface area contributed by atoms with Crippen molar-refractivity contribution in [2.24, 2.45) is 0 Å². The fraction of sp³-hybridized carbons (Fsp3) is 0.500. The molecule has 1 aliphatic heterocycles. The van der Waals surface area contributed by atoms with Crippen LogP contribution in [0.1, 0.15) is 32.4 Å². The summed E-state index contributed by atoms with van der Waals surface area (Å²) in [5.41, 5.74) is -0.295. The summed E-state index contributed by atoms with van der Waals surface area (Å²) in [6.07, 6.45) is 3.63. The van der Waals surface area contributed by atoms with Crippen LogP contribution < -0.4 is 0 Å². The Kier molecular flexibility index (Phi) is 6.80. The summed E-state index contributed by atoms with van der Waals surface area (Å²) < 4.78 is 33.5. The smallest absolute Gasteiger partial charge is 0.349 e. The van der Waals surface area contributed by atoms with Gasteiger partial charge in [-0.1, -0.05) is 6.92 Å². The molecule has 1 aromatic rings. The summed E-state index contributed by atoms with van der Waals surface area (Å²) in [6.45, 7) is 3.15. The predicted molar refractivity (Wildman–Crippen MR) is 96.9 cm³/mol. The van der Waals surface area contributed by atoms with Crippen molar-refractivity contribution >= 4 is 27.8 Å². The summed E-state index contributed by atoms with van der Waals surface area (Å²) in [7, 11) is -3.16. The minimum Gasteiger partial charge on any atom is -0.465 e. The van der Waals surface area contributed by atoms with Crippen LogP contribution in [0.25, 0.3) is 6.08 Å².